The van der Waals surface area contributed by atoms with Crippen molar-refractivity contribution in [2.24, 2.45) is 0 Å². The van der Waals surface area contributed by atoms with E-state index in [1.54, 1.807) is 6.92 Å². The number of carbonyl (C=O) groups excluding carboxylic acids is 2. The minimum absolute atomic E-state index is 0.0144. The average molecular weight is 1210 g/mol. The fourth-order valence-corrected chi connectivity index (χ4v) is 9.64. The van der Waals surface area contributed by atoms with Gasteiger partial charge in [-0.25, -0.2) is 37.7 Å². The van der Waals surface area contributed by atoms with Crippen LogP contribution >= 0.6 is 36.2 Å². The quantitative estimate of drug-likeness (QED) is 0.0444. The van der Waals surface area contributed by atoms with Crippen LogP contribution in [0.4, 0.5) is 13.2 Å². The van der Waals surface area contributed by atoms with E-state index in [2.05, 4.69) is 14.7 Å². The van der Waals surface area contributed by atoms with Crippen molar-refractivity contribution in [3.63, 3.8) is 0 Å². The Kier molecular flexibility index (Phi) is 21.0. The molecule has 78 heavy (non-hydrogen) atoms. The summed E-state index contributed by atoms with van der Waals surface area (Å²) < 4.78 is 105. The number of rotatable bonds is 18. The highest BCUT2D eigenvalue weighted by Crippen LogP contribution is 2.59. The number of aliphatic hydroxyl groups excluding tert-OH is 4. The molecule has 14 atom stereocenters. The van der Waals surface area contributed by atoms with Gasteiger partial charge in [0.2, 0.25) is 0 Å². The summed E-state index contributed by atoms with van der Waals surface area (Å²) in [6.45, 7) is 3.10. The Morgan fingerprint density at radius 3 is 1.35 bits per heavy atom. The lowest BCUT2D eigenvalue weighted by molar-refractivity contribution is -0.207. The summed E-state index contributed by atoms with van der Waals surface area (Å²) in [5.41, 5.74) is -12.0. The van der Waals surface area contributed by atoms with Gasteiger partial charge in [0.25, 0.3) is 34.2 Å². The monoisotopic (exact) mass is 1210 g/mol. The molecule has 3 aliphatic heterocycles. The van der Waals surface area contributed by atoms with Crippen LogP contribution in [0.3, 0.4) is 0 Å². The average Bonchev–Trinajstić information content (AvgIpc) is 3.73. The molecule has 39 heteroatoms. The van der Waals surface area contributed by atoms with Gasteiger partial charge < -0.3 is 64.0 Å². The van der Waals surface area contributed by atoms with Gasteiger partial charge in [-0.1, -0.05) is 0 Å². The van der Waals surface area contributed by atoms with E-state index in [4.69, 9.17) is 55.8 Å². The predicted octanol–water partition coefficient (Wildman–Crippen LogP) is -3.06. The maximum absolute atomic E-state index is 15.7. The van der Waals surface area contributed by atoms with Crippen molar-refractivity contribution in [2.45, 2.75) is 119 Å². The Bertz CT molecular complexity index is 3100. The first-order chi connectivity index (χ1) is 35.8. The summed E-state index contributed by atoms with van der Waals surface area (Å²) in [6, 6.07) is 1.58. The minimum Gasteiger partial charge on any atom is -0.465 e. The number of halogens is 5. The third-order valence-corrected chi connectivity index (χ3v) is 14.2. The topological polar surface area (TPSA) is 463 Å². The number of aromatic nitrogens is 6. The van der Waals surface area contributed by atoms with Crippen LogP contribution in [0.2, 0.25) is 0 Å². The molecule has 6 rings (SSSR count). The molecule has 0 amide bonds. The smallest absolute Gasteiger partial charge is 0.380 e. The largest absolute Gasteiger partial charge is 0.465 e. The lowest BCUT2D eigenvalue weighted by Crippen LogP contribution is -2.50. The molecule has 0 aliphatic carbocycles. The highest BCUT2D eigenvalue weighted by Gasteiger charge is 2.66. The van der Waals surface area contributed by atoms with Crippen LogP contribution in [0.25, 0.3) is 0 Å². The SMILES string of the molecule is CCOC(=O)CNP(=O)(N[C@@H](C)C(=O)OCC)OC[C@@]1(F)O[C@@H](n2ccc(=O)[nH]c2=O)[C@](C)(O)[C@@H]1O.C[C@]1(O)[C@H](n2ccc(=O)[nH]c2=O)O[C@](F)(CO)[C@H]1O.C[C@]1(O)[C@H](n2ccc(=O)[nH]c2=O)O[C@](F)(COP(=O)(Cl)Cl)[C@H]1O. The minimum atomic E-state index is -4.43. The highest BCUT2D eigenvalue weighted by atomic mass is 35.9. The fraction of sp³-hybridized carbons (Fsp3) is 0.641. The van der Waals surface area contributed by atoms with Crippen molar-refractivity contribution in [1.82, 2.24) is 38.8 Å². The fourth-order valence-electron chi connectivity index (χ4n) is 7.45. The van der Waals surface area contributed by atoms with Gasteiger partial charge >= 0.3 is 42.8 Å². The molecule has 6 heterocycles. The summed E-state index contributed by atoms with van der Waals surface area (Å²) in [5, 5.41) is 74.5. The second-order valence-electron chi connectivity index (χ2n) is 17.6. The number of aromatic amines is 3. The van der Waals surface area contributed by atoms with E-state index < -0.39 is 163 Å². The Morgan fingerprint density at radius 1 is 0.679 bits per heavy atom. The number of carbonyl (C=O) groups is 2. The lowest BCUT2D eigenvalue weighted by Gasteiger charge is -2.29. The third kappa shape index (κ3) is 15.0. The normalized spacial score (nSPS) is 32.7. The Balaban J connectivity index is 0.000000268. The van der Waals surface area contributed by atoms with Crippen LogP contribution in [-0.4, -0.2) is 175 Å². The molecule has 3 fully saturated rings. The molecule has 1 unspecified atom stereocenters. The number of hydrogen-bond donors (Lipinski definition) is 12. The summed E-state index contributed by atoms with van der Waals surface area (Å²) in [7, 11) is -4.43. The van der Waals surface area contributed by atoms with Crippen LogP contribution in [-0.2, 0) is 51.5 Å². The van der Waals surface area contributed by atoms with E-state index >= 15 is 4.39 Å². The van der Waals surface area contributed by atoms with Crippen LogP contribution in [0.15, 0.2) is 65.6 Å². The highest BCUT2D eigenvalue weighted by molar-refractivity contribution is 8.05. The summed E-state index contributed by atoms with van der Waals surface area (Å²) in [5.74, 6) is -10.8. The number of hydrogen-bond acceptors (Lipinski definition) is 24. The standard InChI is InChI=1S/C19H30FN4O11P.C10H12Cl2FN2O7P.C10H13FN2O6/c1-5-32-13(26)9-21-36(31,23-11(3)14(27)33-6-2)34-10-19(20)15(28)18(4,30)16(35-19)24-8-7-12(25)22-17(24)29;1-9(19)6(17)10(13,4-21-23(11,12)20)22-7(9)15-3-2-5(16)14-8(15)18;1-9(18)6(16)10(11,4-14)19-7(9)13-3-2-5(15)12-8(13)17/h7-8,11,15-16,28,30H,5-6,9-10H2,1-4H3,(H2,21,23,31)(H,22,25,29);2-3,6-7,17,19H,4H2,1H3,(H,14,16,18);2-3,6-7,14,16,18H,4H2,1H3,(H,12,15,17)/t11-,15-,16+,18+,19+,36?;2*6-,7+,9+,10+/m000/s1. The van der Waals surface area contributed by atoms with E-state index in [0.29, 0.717) is 9.13 Å². The Morgan fingerprint density at radius 2 is 1.03 bits per heavy atom. The zero-order chi connectivity index (χ0) is 59.4. The molecule has 3 saturated heterocycles. The second-order valence-corrected chi connectivity index (χ2v) is 23.8. The van der Waals surface area contributed by atoms with Crippen molar-refractivity contribution < 1.29 is 100 Å². The van der Waals surface area contributed by atoms with Gasteiger partial charge in [-0.15, -0.1) is 0 Å². The summed E-state index contributed by atoms with van der Waals surface area (Å²) in [4.78, 5) is 98.1. The van der Waals surface area contributed by atoms with Gasteiger partial charge in [0, 0.05) is 36.8 Å². The van der Waals surface area contributed by atoms with E-state index in [9.17, 15) is 86.9 Å². The second kappa shape index (κ2) is 24.9. The molecule has 3 aromatic heterocycles. The summed E-state index contributed by atoms with van der Waals surface area (Å²) >= 11 is 10.3. The number of nitrogens with one attached hydrogen (secondary N) is 5. The lowest BCUT2D eigenvalue weighted by atomic mass is 9.95. The van der Waals surface area contributed by atoms with Gasteiger partial charge in [-0.3, -0.25) is 66.3 Å². The number of alkyl halides is 3. The van der Waals surface area contributed by atoms with Crippen molar-refractivity contribution in [1.29, 1.82) is 0 Å². The van der Waals surface area contributed by atoms with Gasteiger partial charge in [-0.05, 0) is 64.0 Å². The zero-order valence-corrected chi connectivity index (χ0v) is 44.7. The summed E-state index contributed by atoms with van der Waals surface area (Å²) in [6.07, 6.45) is -13.0. The number of H-pyrrole nitrogens is 3. The van der Waals surface area contributed by atoms with Crippen molar-refractivity contribution in [3.05, 3.63) is 99.3 Å². The first-order valence-corrected chi connectivity index (χ1v) is 27.4. The van der Waals surface area contributed by atoms with E-state index in [0.717, 1.165) is 62.1 Å². The van der Waals surface area contributed by atoms with Crippen LogP contribution in [0, 0.1) is 0 Å². The van der Waals surface area contributed by atoms with E-state index in [1.807, 2.05) is 15.0 Å². The molecule has 32 nitrogen and oxygen atoms in total. The van der Waals surface area contributed by atoms with Crippen LogP contribution in [0.1, 0.15) is 60.2 Å². The van der Waals surface area contributed by atoms with Gasteiger partial charge in [-0.2, -0.15) is 0 Å². The molecule has 12 N–H and O–H groups in total. The molecule has 0 aromatic carbocycles. The molecular formula is C39H55Cl2F3N8O24P2. The van der Waals surface area contributed by atoms with E-state index in [-0.39, 0.29) is 13.2 Å². The molecule has 0 radical (unpaired) electrons. The van der Waals surface area contributed by atoms with Crippen molar-refractivity contribution in [3.8, 4) is 0 Å². The molecule has 0 bridgehead atoms. The molecule has 0 spiro atoms. The molecular weight excluding hydrogens is 1150 g/mol. The van der Waals surface area contributed by atoms with E-state index in [1.165, 1.54) is 13.8 Å². The number of esters is 2. The third-order valence-electron chi connectivity index (χ3n) is 11.4. The molecule has 0 saturated carbocycles. The molecule has 3 aromatic rings. The van der Waals surface area contributed by atoms with Crippen molar-refractivity contribution >= 4 is 48.2 Å². The number of ether oxygens (including phenoxy) is 5. The first kappa shape index (κ1) is 65.8. The Hall–Kier alpha value is -4.75. The van der Waals surface area contributed by atoms with Gasteiger partial charge in [0.05, 0.1) is 13.2 Å². The van der Waals surface area contributed by atoms with Gasteiger partial charge in [0.1, 0.15) is 67.5 Å². The van der Waals surface area contributed by atoms with Gasteiger partial charge in [0.15, 0.2) is 18.7 Å². The first-order valence-electron chi connectivity index (χ1n) is 22.4. The van der Waals surface area contributed by atoms with Crippen LogP contribution < -0.4 is 43.9 Å². The Labute approximate surface area is 444 Å². The predicted molar refractivity (Wildman–Crippen MR) is 256 cm³/mol. The van der Waals surface area contributed by atoms with Crippen LogP contribution in [0.5, 0.6) is 0 Å². The zero-order valence-electron chi connectivity index (χ0n) is 41.4. The molecule has 440 valence electrons. The van der Waals surface area contributed by atoms with Crippen molar-refractivity contribution in [2.75, 3.05) is 39.6 Å². The number of aliphatic hydroxyl groups is 7. The molecule has 3 aliphatic rings. The number of nitrogens with zero attached hydrogens (tertiary/aromatic N) is 3. The maximum Gasteiger partial charge on any atom is 0.380 e. The maximum atomic E-state index is 15.7.